The Labute approximate surface area is 245 Å². The lowest BCUT2D eigenvalue weighted by Gasteiger charge is -2.19. The Hall–Kier alpha value is -4.36. The molecule has 222 valence electrons. The minimum atomic E-state index is -3.84. The molecule has 0 heterocycles. The Kier molecular flexibility index (Phi) is 12.4. The summed E-state index contributed by atoms with van der Waals surface area (Å²) in [6.07, 6.45) is 4.40. The fourth-order valence-electron chi connectivity index (χ4n) is 3.95. The highest BCUT2D eigenvalue weighted by atomic mass is 31.2. The van der Waals surface area contributed by atoms with E-state index in [4.69, 9.17) is 23.3 Å². The fourth-order valence-corrected chi connectivity index (χ4v) is 5.60. The van der Waals surface area contributed by atoms with E-state index in [-0.39, 0.29) is 36.1 Å². The molecule has 0 aromatic heterocycles. The number of benzene rings is 3. The van der Waals surface area contributed by atoms with Gasteiger partial charge in [0.2, 0.25) is 0 Å². The number of esters is 1. The van der Waals surface area contributed by atoms with Gasteiger partial charge in [0, 0.05) is 18.9 Å². The summed E-state index contributed by atoms with van der Waals surface area (Å²) in [5.74, 6) is 0.528. The maximum Gasteiger partial charge on any atom is 0.438 e. The number of carbonyl (C=O) groups is 3. The number of hydrogen-bond acceptors (Lipinski definition) is 9. The van der Waals surface area contributed by atoms with E-state index in [2.05, 4.69) is 0 Å². The number of allylic oxidation sites excluding steroid dienone is 1. The summed E-state index contributed by atoms with van der Waals surface area (Å²) >= 11 is 0. The fraction of sp³-hybridized carbons (Fsp3) is 0.281. The summed E-state index contributed by atoms with van der Waals surface area (Å²) in [6, 6.07) is 20.4. The van der Waals surface area contributed by atoms with Crippen LogP contribution < -0.4 is 18.5 Å². The molecule has 10 heteroatoms. The lowest BCUT2D eigenvalue weighted by molar-refractivity contribution is -0.117. The predicted molar refractivity (Wildman–Crippen MR) is 160 cm³/mol. The van der Waals surface area contributed by atoms with Crippen molar-refractivity contribution >= 4 is 31.7 Å². The molecule has 0 spiro atoms. The van der Waals surface area contributed by atoms with Crippen molar-refractivity contribution in [2.45, 2.75) is 38.7 Å². The van der Waals surface area contributed by atoms with Crippen LogP contribution in [0.3, 0.4) is 0 Å². The summed E-state index contributed by atoms with van der Waals surface area (Å²) in [5, 5.41) is 0. The number of ketones is 1. The number of hydrogen-bond donors (Lipinski definition) is 0. The van der Waals surface area contributed by atoms with Gasteiger partial charge in [-0.2, -0.15) is 0 Å². The van der Waals surface area contributed by atoms with Gasteiger partial charge >= 0.3 is 13.6 Å². The topological polar surface area (TPSA) is 114 Å². The molecule has 0 bridgehead atoms. The van der Waals surface area contributed by atoms with E-state index < -0.39 is 19.7 Å². The number of carbonyl (C=O) groups excluding carboxylic acids is 3. The standard InChI is InChI=1S/C32H35O9P/c1-24(19-20-33)39-32(35)31-25(21-29(37-2)22-30(31)38-3)13-7-4-8-14-26(34)23-42(36,40-27-15-9-5-10-16-27)41-28-17-11-6-12-18-28/h5-7,9-13,15-18,20-22,24H,4,8,14,19,23H2,1-3H3/b13-7+/t24-/m0/s1. The van der Waals surface area contributed by atoms with Crippen LogP contribution in [-0.4, -0.2) is 44.5 Å². The van der Waals surface area contributed by atoms with Crippen molar-refractivity contribution in [1.29, 1.82) is 0 Å². The van der Waals surface area contributed by atoms with Crippen LogP contribution in [0.15, 0.2) is 78.9 Å². The van der Waals surface area contributed by atoms with Crippen molar-refractivity contribution in [1.82, 2.24) is 0 Å². The molecule has 9 nitrogen and oxygen atoms in total. The third-order valence-corrected chi connectivity index (χ3v) is 7.69. The number of methoxy groups -OCH3 is 2. The van der Waals surface area contributed by atoms with Crippen LogP contribution in [0.5, 0.6) is 23.0 Å². The van der Waals surface area contributed by atoms with Crippen LogP contribution in [0.25, 0.3) is 6.08 Å². The first-order chi connectivity index (χ1) is 20.3. The molecule has 0 fully saturated rings. The van der Waals surface area contributed by atoms with Gasteiger partial charge in [-0.1, -0.05) is 48.6 Å². The monoisotopic (exact) mass is 594 g/mol. The van der Waals surface area contributed by atoms with Gasteiger partial charge in [-0.05, 0) is 55.7 Å². The Morgan fingerprint density at radius 2 is 1.50 bits per heavy atom. The smallest absolute Gasteiger partial charge is 0.438 e. The average Bonchev–Trinajstić information content (AvgIpc) is 2.97. The van der Waals surface area contributed by atoms with Gasteiger partial charge in [0.1, 0.15) is 52.9 Å². The molecule has 0 aliphatic heterocycles. The zero-order valence-electron chi connectivity index (χ0n) is 23.9. The minimum absolute atomic E-state index is 0.0725. The van der Waals surface area contributed by atoms with Crippen LogP contribution >= 0.6 is 7.60 Å². The summed E-state index contributed by atoms with van der Waals surface area (Å²) in [7, 11) is -0.913. The zero-order valence-corrected chi connectivity index (χ0v) is 24.8. The van der Waals surface area contributed by atoms with Gasteiger partial charge in [0.05, 0.1) is 14.2 Å². The number of rotatable bonds is 17. The molecule has 0 N–H and O–H groups in total. The number of aldehydes is 1. The van der Waals surface area contributed by atoms with Crippen LogP contribution in [0.2, 0.25) is 0 Å². The van der Waals surface area contributed by atoms with E-state index in [1.165, 1.54) is 14.2 Å². The van der Waals surface area contributed by atoms with E-state index in [9.17, 15) is 18.9 Å². The number of Topliss-reactive ketones (excluding diaryl/α,β-unsaturated/α-hetero) is 1. The summed E-state index contributed by atoms with van der Waals surface area (Å²) < 4.78 is 41.1. The van der Waals surface area contributed by atoms with E-state index in [0.29, 0.717) is 41.9 Å². The average molecular weight is 595 g/mol. The van der Waals surface area contributed by atoms with Gasteiger partial charge < -0.3 is 28.1 Å². The van der Waals surface area contributed by atoms with Gasteiger partial charge in [-0.3, -0.25) is 4.79 Å². The number of ether oxygens (including phenoxy) is 3. The highest BCUT2D eigenvalue weighted by Crippen LogP contribution is 2.48. The third-order valence-electron chi connectivity index (χ3n) is 5.97. The Morgan fingerprint density at radius 1 is 0.881 bits per heavy atom. The summed E-state index contributed by atoms with van der Waals surface area (Å²) in [5.41, 5.74) is 0.693. The summed E-state index contributed by atoms with van der Waals surface area (Å²) in [4.78, 5) is 36.6. The second kappa shape index (κ2) is 16.2. The maximum absolute atomic E-state index is 13.6. The molecule has 0 saturated heterocycles. The molecule has 0 unspecified atom stereocenters. The molecule has 0 aliphatic rings. The first-order valence-electron chi connectivity index (χ1n) is 13.4. The Bertz CT molecular complexity index is 1360. The van der Waals surface area contributed by atoms with Crippen molar-refractivity contribution in [3.63, 3.8) is 0 Å². The normalized spacial score (nSPS) is 11.9. The lowest BCUT2D eigenvalue weighted by atomic mass is 10.0. The van der Waals surface area contributed by atoms with Crippen LogP contribution in [-0.2, 0) is 18.9 Å². The van der Waals surface area contributed by atoms with Gasteiger partial charge in [-0.15, -0.1) is 0 Å². The molecular formula is C32H35O9P. The molecule has 3 aromatic carbocycles. The largest absolute Gasteiger partial charge is 0.497 e. The Balaban J connectivity index is 1.67. The van der Waals surface area contributed by atoms with Gasteiger partial charge in [0.25, 0.3) is 0 Å². The zero-order chi connectivity index (χ0) is 30.4. The molecule has 42 heavy (non-hydrogen) atoms. The van der Waals surface area contributed by atoms with Crippen molar-refractivity contribution in [2.75, 3.05) is 20.4 Å². The quantitative estimate of drug-likeness (QED) is 0.0709. The van der Waals surface area contributed by atoms with Crippen LogP contribution in [0.1, 0.15) is 48.5 Å². The van der Waals surface area contributed by atoms with Crippen molar-refractivity contribution in [2.24, 2.45) is 0 Å². The molecule has 0 saturated carbocycles. The minimum Gasteiger partial charge on any atom is -0.497 e. The molecule has 3 aromatic rings. The molecular weight excluding hydrogens is 559 g/mol. The van der Waals surface area contributed by atoms with Crippen molar-refractivity contribution in [3.05, 3.63) is 90.0 Å². The first kappa shape index (κ1) is 32.2. The highest BCUT2D eigenvalue weighted by molar-refractivity contribution is 7.55. The number of para-hydroxylation sites is 2. The van der Waals surface area contributed by atoms with Crippen molar-refractivity contribution < 1.29 is 42.2 Å². The van der Waals surface area contributed by atoms with Crippen LogP contribution in [0, 0.1) is 0 Å². The molecule has 3 rings (SSSR count). The highest BCUT2D eigenvalue weighted by Gasteiger charge is 2.31. The summed E-state index contributed by atoms with van der Waals surface area (Å²) in [6.45, 7) is 1.63. The van der Waals surface area contributed by atoms with Gasteiger partial charge in [-0.25, -0.2) is 9.36 Å². The molecule has 0 amide bonds. The molecule has 0 aliphatic carbocycles. The second-order valence-electron chi connectivity index (χ2n) is 9.32. The molecule has 0 radical (unpaired) electrons. The van der Waals surface area contributed by atoms with Crippen LogP contribution in [0.4, 0.5) is 0 Å². The third kappa shape index (κ3) is 9.93. The van der Waals surface area contributed by atoms with E-state index in [0.717, 1.165) is 0 Å². The first-order valence-corrected chi connectivity index (χ1v) is 15.2. The van der Waals surface area contributed by atoms with E-state index in [1.54, 1.807) is 85.8 Å². The lowest BCUT2D eigenvalue weighted by Crippen LogP contribution is -2.17. The maximum atomic E-state index is 13.6. The second-order valence-corrected chi connectivity index (χ2v) is 11.2. The van der Waals surface area contributed by atoms with E-state index in [1.807, 2.05) is 6.08 Å². The van der Waals surface area contributed by atoms with E-state index >= 15 is 0 Å². The van der Waals surface area contributed by atoms with Crippen molar-refractivity contribution in [3.8, 4) is 23.0 Å². The SMILES string of the molecule is COc1cc(/C=C/CCCC(=O)CP(=O)(Oc2ccccc2)Oc2ccccc2)c(C(=O)O[C@@H](C)CC=O)c(OC)c1. The number of unbranched alkanes of at least 4 members (excludes halogenated alkanes) is 1. The van der Waals surface area contributed by atoms with Gasteiger partial charge in [0.15, 0.2) is 0 Å². The predicted octanol–water partition coefficient (Wildman–Crippen LogP) is 6.94. The Morgan fingerprint density at radius 3 is 2.05 bits per heavy atom. The molecule has 1 atom stereocenters.